The van der Waals surface area contributed by atoms with Gasteiger partial charge in [-0.3, -0.25) is 9.59 Å². The summed E-state index contributed by atoms with van der Waals surface area (Å²) in [4.78, 5) is 25.8. The fourth-order valence-electron chi connectivity index (χ4n) is 2.19. The topological polar surface area (TPSA) is 46.6 Å². The summed E-state index contributed by atoms with van der Waals surface area (Å²) in [5.74, 6) is -0.595. The molecule has 0 N–H and O–H groups in total. The minimum absolute atomic E-state index is 0.0349. The van der Waals surface area contributed by atoms with Gasteiger partial charge in [0.15, 0.2) is 5.78 Å². The van der Waals surface area contributed by atoms with Crippen molar-refractivity contribution < 1.29 is 14.3 Å². The molecule has 0 aromatic heterocycles. The highest BCUT2D eigenvalue weighted by atomic mass is 16.5. The fourth-order valence-corrected chi connectivity index (χ4v) is 2.19. The first-order chi connectivity index (χ1) is 9.15. The molecule has 1 aromatic rings. The van der Waals surface area contributed by atoms with E-state index in [1.807, 2.05) is 6.07 Å². The number of ketones is 1. The third-order valence-electron chi connectivity index (χ3n) is 3.36. The van der Waals surface area contributed by atoms with E-state index >= 15 is 0 Å². The summed E-state index contributed by atoms with van der Waals surface area (Å²) in [7, 11) is 2.05. The number of Topliss-reactive ketones (excluding diaryl/α,β-unsaturated/α-hetero) is 1. The molecular weight excluding hydrogens is 242 g/mol. The number of piperidine rings is 1. The van der Waals surface area contributed by atoms with Gasteiger partial charge in [0, 0.05) is 18.7 Å². The van der Waals surface area contributed by atoms with Crippen molar-refractivity contribution >= 4 is 11.8 Å². The smallest absolute Gasteiger partial charge is 0.313 e. The summed E-state index contributed by atoms with van der Waals surface area (Å²) >= 11 is 0. The summed E-state index contributed by atoms with van der Waals surface area (Å²) in [5.41, 5.74) is 0.558. The molecule has 0 spiro atoms. The summed E-state index contributed by atoms with van der Waals surface area (Å²) in [6.45, 7) is 1.87. The maximum atomic E-state index is 11.8. The Hall–Kier alpha value is -1.68. The Kier molecular flexibility index (Phi) is 4.68. The van der Waals surface area contributed by atoms with Crippen LogP contribution in [0.25, 0.3) is 0 Å². The molecule has 2 rings (SSSR count). The molecule has 1 aliphatic heterocycles. The van der Waals surface area contributed by atoms with Crippen LogP contribution in [0, 0.1) is 0 Å². The molecule has 0 aliphatic carbocycles. The second-order valence-corrected chi connectivity index (χ2v) is 4.96. The number of likely N-dealkylation sites (tertiary alicyclic amines) is 1. The Morgan fingerprint density at radius 1 is 1.21 bits per heavy atom. The number of benzene rings is 1. The van der Waals surface area contributed by atoms with E-state index in [0.717, 1.165) is 25.9 Å². The van der Waals surface area contributed by atoms with Crippen molar-refractivity contribution in [2.45, 2.75) is 25.4 Å². The van der Waals surface area contributed by atoms with E-state index < -0.39 is 5.97 Å². The second kappa shape index (κ2) is 6.48. The van der Waals surface area contributed by atoms with Crippen LogP contribution in [-0.2, 0) is 9.53 Å². The summed E-state index contributed by atoms with van der Waals surface area (Å²) in [6.07, 6.45) is 1.49. The largest absolute Gasteiger partial charge is 0.462 e. The van der Waals surface area contributed by atoms with E-state index in [1.54, 1.807) is 24.3 Å². The summed E-state index contributed by atoms with van der Waals surface area (Å²) < 4.78 is 5.35. The number of esters is 1. The van der Waals surface area contributed by atoms with Gasteiger partial charge in [0.05, 0.1) is 0 Å². The van der Waals surface area contributed by atoms with Gasteiger partial charge in [0.2, 0.25) is 0 Å². The summed E-state index contributed by atoms with van der Waals surface area (Å²) in [6, 6.07) is 8.84. The van der Waals surface area contributed by atoms with E-state index in [0.29, 0.717) is 5.56 Å². The van der Waals surface area contributed by atoms with Crippen LogP contribution in [0.15, 0.2) is 30.3 Å². The average Bonchev–Trinajstić information content (AvgIpc) is 2.42. The molecule has 0 atom stereocenters. The maximum absolute atomic E-state index is 11.8. The van der Waals surface area contributed by atoms with Crippen LogP contribution in [0.4, 0.5) is 0 Å². The SMILES string of the molecule is CN1CCC(OC(=O)CC(=O)c2ccccc2)CC1. The molecule has 102 valence electrons. The molecule has 1 aliphatic rings. The molecule has 4 nitrogen and oxygen atoms in total. The van der Waals surface area contributed by atoms with Crippen molar-refractivity contribution in [3.63, 3.8) is 0 Å². The molecule has 0 radical (unpaired) electrons. The van der Waals surface area contributed by atoms with E-state index in [2.05, 4.69) is 11.9 Å². The quantitative estimate of drug-likeness (QED) is 0.472. The van der Waals surface area contributed by atoms with Gasteiger partial charge in [0.1, 0.15) is 12.5 Å². The third kappa shape index (κ3) is 4.17. The first-order valence-corrected chi connectivity index (χ1v) is 6.61. The van der Waals surface area contributed by atoms with Gasteiger partial charge in [-0.2, -0.15) is 0 Å². The number of ether oxygens (including phenoxy) is 1. The highest BCUT2D eigenvalue weighted by Gasteiger charge is 2.21. The van der Waals surface area contributed by atoms with Gasteiger partial charge in [-0.05, 0) is 19.9 Å². The predicted molar refractivity (Wildman–Crippen MR) is 72.0 cm³/mol. The van der Waals surface area contributed by atoms with Gasteiger partial charge in [-0.25, -0.2) is 0 Å². The van der Waals surface area contributed by atoms with E-state index in [4.69, 9.17) is 4.74 Å². The van der Waals surface area contributed by atoms with Crippen molar-refractivity contribution in [1.82, 2.24) is 4.90 Å². The zero-order valence-corrected chi connectivity index (χ0v) is 11.2. The van der Waals surface area contributed by atoms with E-state index in [-0.39, 0.29) is 18.3 Å². The lowest BCUT2D eigenvalue weighted by Gasteiger charge is -2.28. The number of carbonyl (C=O) groups excluding carboxylic acids is 2. The van der Waals surface area contributed by atoms with Crippen LogP contribution >= 0.6 is 0 Å². The molecule has 0 bridgehead atoms. The zero-order valence-electron chi connectivity index (χ0n) is 11.2. The molecule has 19 heavy (non-hydrogen) atoms. The van der Waals surface area contributed by atoms with Gasteiger partial charge in [0.25, 0.3) is 0 Å². The first-order valence-electron chi connectivity index (χ1n) is 6.61. The molecular formula is C15H19NO3. The zero-order chi connectivity index (χ0) is 13.7. The maximum Gasteiger partial charge on any atom is 0.313 e. The third-order valence-corrected chi connectivity index (χ3v) is 3.36. The Balaban J connectivity index is 1.80. The van der Waals surface area contributed by atoms with Crippen LogP contribution in [-0.4, -0.2) is 42.9 Å². The molecule has 1 saturated heterocycles. The Labute approximate surface area is 113 Å². The lowest BCUT2D eigenvalue weighted by atomic mass is 10.1. The van der Waals surface area contributed by atoms with Gasteiger partial charge >= 0.3 is 5.97 Å². The summed E-state index contributed by atoms with van der Waals surface area (Å²) in [5, 5.41) is 0. The predicted octanol–water partition coefficient (Wildman–Crippen LogP) is 1.90. The highest BCUT2D eigenvalue weighted by Crippen LogP contribution is 2.13. The lowest BCUT2D eigenvalue weighted by molar-refractivity contribution is -0.149. The minimum atomic E-state index is -0.414. The minimum Gasteiger partial charge on any atom is -0.462 e. The first kappa shape index (κ1) is 13.7. The molecule has 0 saturated carbocycles. The standard InChI is InChI=1S/C15H19NO3/c1-16-9-7-13(8-10-16)19-15(18)11-14(17)12-5-3-2-4-6-12/h2-6,13H,7-11H2,1H3. The number of hydrogen-bond acceptors (Lipinski definition) is 4. The number of rotatable bonds is 4. The Bertz CT molecular complexity index is 436. The second-order valence-electron chi connectivity index (χ2n) is 4.96. The molecule has 4 heteroatoms. The van der Waals surface area contributed by atoms with Crippen molar-refractivity contribution in [2.24, 2.45) is 0 Å². The van der Waals surface area contributed by atoms with Crippen LogP contribution in [0.1, 0.15) is 29.6 Å². The van der Waals surface area contributed by atoms with Crippen molar-refractivity contribution in [3.05, 3.63) is 35.9 Å². The van der Waals surface area contributed by atoms with Crippen molar-refractivity contribution in [2.75, 3.05) is 20.1 Å². The van der Waals surface area contributed by atoms with E-state index in [9.17, 15) is 9.59 Å². The molecule has 1 heterocycles. The normalized spacial score (nSPS) is 17.1. The molecule has 0 amide bonds. The van der Waals surface area contributed by atoms with E-state index in [1.165, 1.54) is 0 Å². The van der Waals surface area contributed by atoms with Crippen LogP contribution < -0.4 is 0 Å². The highest BCUT2D eigenvalue weighted by molar-refractivity contribution is 6.05. The number of hydrogen-bond donors (Lipinski definition) is 0. The monoisotopic (exact) mass is 261 g/mol. The Morgan fingerprint density at radius 2 is 1.84 bits per heavy atom. The number of carbonyl (C=O) groups is 2. The fraction of sp³-hybridized carbons (Fsp3) is 0.467. The van der Waals surface area contributed by atoms with Gasteiger partial charge in [-0.15, -0.1) is 0 Å². The Morgan fingerprint density at radius 3 is 2.47 bits per heavy atom. The average molecular weight is 261 g/mol. The van der Waals surface area contributed by atoms with Crippen LogP contribution in [0.5, 0.6) is 0 Å². The van der Waals surface area contributed by atoms with Crippen molar-refractivity contribution in [1.29, 1.82) is 0 Å². The molecule has 0 unspecified atom stereocenters. The van der Waals surface area contributed by atoms with Crippen LogP contribution in [0.2, 0.25) is 0 Å². The molecule has 1 fully saturated rings. The van der Waals surface area contributed by atoms with Gasteiger partial charge < -0.3 is 9.64 Å². The van der Waals surface area contributed by atoms with Gasteiger partial charge in [-0.1, -0.05) is 30.3 Å². The lowest BCUT2D eigenvalue weighted by Crippen LogP contribution is -2.35. The van der Waals surface area contributed by atoms with Crippen molar-refractivity contribution in [3.8, 4) is 0 Å². The van der Waals surface area contributed by atoms with Crippen LogP contribution in [0.3, 0.4) is 0 Å². The molecule has 1 aromatic carbocycles. The number of nitrogens with zero attached hydrogens (tertiary/aromatic N) is 1.